The van der Waals surface area contributed by atoms with Gasteiger partial charge in [-0.3, -0.25) is 4.79 Å². The molecule has 11 heteroatoms. The number of allylic oxidation sites excluding steroid dienone is 2. The summed E-state index contributed by atoms with van der Waals surface area (Å²) < 4.78 is 47.2. The predicted octanol–water partition coefficient (Wildman–Crippen LogP) is 6.50. The van der Waals surface area contributed by atoms with E-state index < -0.39 is 23.0 Å². The Hall–Kier alpha value is -2.95. The molecule has 0 aliphatic carbocycles. The molecule has 3 atom stereocenters. The fraction of sp³-hybridized carbons (Fsp3) is 0.308. The number of aromatic nitrogens is 2. The van der Waals surface area contributed by atoms with Gasteiger partial charge in [-0.1, -0.05) is 35.5 Å². The van der Waals surface area contributed by atoms with E-state index in [4.69, 9.17) is 16.3 Å². The number of nitrogens with one attached hydrogen (secondary N) is 2. The van der Waals surface area contributed by atoms with Crippen LogP contribution in [0.1, 0.15) is 35.7 Å². The van der Waals surface area contributed by atoms with Gasteiger partial charge in [-0.25, -0.2) is 4.98 Å². The summed E-state index contributed by atoms with van der Waals surface area (Å²) in [7, 11) is 1.96. The zero-order chi connectivity index (χ0) is 26.3. The van der Waals surface area contributed by atoms with E-state index in [-0.39, 0.29) is 23.9 Å². The third-order valence-corrected chi connectivity index (χ3v) is 7.93. The number of carbonyl (C=O) groups is 1. The predicted molar refractivity (Wildman–Crippen MR) is 139 cm³/mol. The molecule has 2 aromatic heterocycles. The van der Waals surface area contributed by atoms with Crippen molar-refractivity contribution in [2.75, 3.05) is 5.32 Å². The van der Waals surface area contributed by atoms with Gasteiger partial charge >= 0.3 is 6.18 Å². The molecule has 0 spiro atoms. The standard InChI is InChI=1S/C26H24ClF3N4O2S/c1-14(32-24(35)16-7-8-19-15(11-16)9-10-34(19)2)20-5-3-4-6-21(37-20)23-25(36-23)33-22-12-17(26(28,29)30)18(27)13-31-22/h5-14,23,25H,3-4H2,1-2H3,(H,31,33)(H,32,35). The van der Waals surface area contributed by atoms with Crippen molar-refractivity contribution in [1.29, 1.82) is 0 Å². The van der Waals surface area contributed by atoms with Crippen LogP contribution in [0.2, 0.25) is 5.02 Å². The van der Waals surface area contributed by atoms with E-state index in [1.807, 2.05) is 49.0 Å². The van der Waals surface area contributed by atoms with Crippen LogP contribution in [-0.2, 0) is 18.0 Å². The summed E-state index contributed by atoms with van der Waals surface area (Å²) in [5.41, 5.74) is 0.689. The highest BCUT2D eigenvalue weighted by molar-refractivity contribution is 8.06. The molecule has 3 unspecified atom stereocenters. The Kier molecular flexibility index (Phi) is 6.99. The van der Waals surface area contributed by atoms with Crippen LogP contribution in [0.15, 0.2) is 64.7 Å². The lowest BCUT2D eigenvalue weighted by atomic mass is 10.1. The summed E-state index contributed by atoms with van der Waals surface area (Å²) in [5, 5.41) is 6.52. The number of pyridine rings is 1. The molecule has 0 saturated carbocycles. The number of anilines is 1. The van der Waals surface area contributed by atoms with Crippen LogP contribution in [0.5, 0.6) is 0 Å². The third-order valence-electron chi connectivity index (χ3n) is 6.24. The highest BCUT2D eigenvalue weighted by Gasteiger charge is 2.43. The minimum absolute atomic E-state index is 0.0372. The largest absolute Gasteiger partial charge is 0.418 e. The van der Waals surface area contributed by atoms with Crippen molar-refractivity contribution in [2.24, 2.45) is 7.05 Å². The van der Waals surface area contributed by atoms with E-state index in [2.05, 4.69) is 27.8 Å². The molecular weight excluding hydrogens is 525 g/mol. The van der Waals surface area contributed by atoms with Crippen LogP contribution in [0.25, 0.3) is 10.9 Å². The first-order chi connectivity index (χ1) is 17.6. The van der Waals surface area contributed by atoms with Gasteiger partial charge in [0.2, 0.25) is 0 Å². The Labute approximate surface area is 220 Å². The van der Waals surface area contributed by atoms with Gasteiger partial charge in [-0.2, -0.15) is 13.2 Å². The number of hydrogen-bond donors (Lipinski definition) is 2. The molecule has 5 rings (SSSR count). The van der Waals surface area contributed by atoms with Crippen molar-refractivity contribution in [3.63, 3.8) is 0 Å². The number of rotatable bonds is 6. The number of halogens is 4. The van der Waals surface area contributed by atoms with Crippen molar-refractivity contribution in [3.8, 4) is 0 Å². The maximum Gasteiger partial charge on any atom is 0.418 e. The van der Waals surface area contributed by atoms with Gasteiger partial charge in [0, 0.05) is 45.7 Å². The molecule has 3 aromatic rings. The van der Waals surface area contributed by atoms with Crippen molar-refractivity contribution >= 4 is 46.0 Å². The van der Waals surface area contributed by atoms with Crippen LogP contribution in [0.4, 0.5) is 19.0 Å². The average Bonchev–Trinajstić information content (AvgIpc) is 3.57. The fourth-order valence-corrected chi connectivity index (χ4v) is 5.62. The van der Waals surface area contributed by atoms with Crippen molar-refractivity contribution in [1.82, 2.24) is 14.9 Å². The molecule has 37 heavy (non-hydrogen) atoms. The lowest BCUT2D eigenvalue weighted by molar-refractivity contribution is -0.137. The lowest BCUT2D eigenvalue weighted by Crippen LogP contribution is -2.33. The second-order valence-electron chi connectivity index (χ2n) is 8.96. The third kappa shape index (κ3) is 5.66. The number of fused-ring (bicyclic) bond motifs is 1. The second-order valence-corrected chi connectivity index (χ2v) is 10.5. The van der Waals surface area contributed by atoms with Crippen LogP contribution in [-0.4, -0.2) is 33.8 Å². The molecule has 4 heterocycles. The Balaban J connectivity index is 1.21. The Morgan fingerprint density at radius 2 is 2.03 bits per heavy atom. The normalized spacial score (nSPS) is 20.6. The van der Waals surface area contributed by atoms with Crippen molar-refractivity contribution in [3.05, 3.63) is 80.8 Å². The number of benzene rings is 1. The first kappa shape index (κ1) is 25.7. The minimum Gasteiger partial charge on any atom is -0.351 e. The summed E-state index contributed by atoms with van der Waals surface area (Å²) in [6, 6.07) is 8.24. The minimum atomic E-state index is -4.58. The summed E-state index contributed by atoms with van der Waals surface area (Å²) in [5.74, 6) is -0.124. The first-order valence-corrected chi connectivity index (χ1v) is 12.9. The van der Waals surface area contributed by atoms with E-state index in [1.165, 1.54) is 11.8 Å². The molecule has 0 bridgehead atoms. The molecule has 1 amide bonds. The first-order valence-electron chi connectivity index (χ1n) is 11.7. The molecule has 2 N–H and O–H groups in total. The number of alkyl halides is 3. The number of hydrogen-bond acceptors (Lipinski definition) is 5. The fourth-order valence-electron chi connectivity index (χ4n) is 4.20. The Bertz CT molecular complexity index is 1420. The van der Waals surface area contributed by atoms with Crippen LogP contribution in [0, 0.1) is 0 Å². The Morgan fingerprint density at radius 1 is 1.24 bits per heavy atom. The molecule has 1 fully saturated rings. The molecule has 1 saturated heterocycles. The molecule has 0 radical (unpaired) electrons. The summed E-state index contributed by atoms with van der Waals surface area (Å²) in [6.07, 6.45) is 3.29. The van der Waals surface area contributed by atoms with Gasteiger partial charge in [0.25, 0.3) is 5.91 Å². The zero-order valence-corrected chi connectivity index (χ0v) is 21.5. The van der Waals surface area contributed by atoms with Gasteiger partial charge in [-0.15, -0.1) is 0 Å². The molecule has 2 aliphatic rings. The highest BCUT2D eigenvalue weighted by Crippen LogP contribution is 2.43. The quantitative estimate of drug-likeness (QED) is 0.344. The van der Waals surface area contributed by atoms with E-state index in [0.29, 0.717) is 5.56 Å². The van der Waals surface area contributed by atoms with E-state index >= 15 is 0 Å². The highest BCUT2D eigenvalue weighted by atomic mass is 35.5. The number of aryl methyl sites for hydroxylation is 1. The van der Waals surface area contributed by atoms with E-state index in [0.717, 1.165) is 45.8 Å². The number of thioether (sulfide) groups is 1. The number of nitrogens with zero attached hydrogens (tertiary/aromatic N) is 2. The number of ether oxygens (including phenoxy) is 1. The smallest absolute Gasteiger partial charge is 0.351 e. The second kappa shape index (κ2) is 10.1. The van der Waals surface area contributed by atoms with Gasteiger partial charge in [0.15, 0.2) is 6.23 Å². The molecular formula is C26H24ClF3N4O2S. The lowest BCUT2D eigenvalue weighted by Gasteiger charge is -2.18. The SMILES string of the molecule is CC(NC(=O)c1ccc2c(ccn2C)c1)C1=CCCC=C(C2OC2Nc2cc(C(F)(F)F)c(Cl)cn2)S1. The monoisotopic (exact) mass is 548 g/mol. The van der Waals surface area contributed by atoms with E-state index in [1.54, 1.807) is 0 Å². The maximum atomic E-state index is 13.2. The molecule has 6 nitrogen and oxygen atoms in total. The summed E-state index contributed by atoms with van der Waals surface area (Å²) in [4.78, 5) is 18.8. The molecule has 1 aromatic carbocycles. The van der Waals surface area contributed by atoms with E-state index in [9.17, 15) is 18.0 Å². The number of epoxide rings is 1. The van der Waals surface area contributed by atoms with Crippen LogP contribution >= 0.6 is 23.4 Å². The van der Waals surface area contributed by atoms with Crippen molar-refractivity contribution in [2.45, 2.75) is 44.3 Å². The van der Waals surface area contributed by atoms with Gasteiger partial charge in [-0.05, 0) is 50.1 Å². The molecule has 2 aliphatic heterocycles. The maximum absolute atomic E-state index is 13.2. The van der Waals surface area contributed by atoms with Crippen molar-refractivity contribution < 1.29 is 22.7 Å². The Morgan fingerprint density at radius 3 is 2.81 bits per heavy atom. The zero-order valence-electron chi connectivity index (χ0n) is 20.0. The topological polar surface area (TPSA) is 71.5 Å². The summed E-state index contributed by atoms with van der Waals surface area (Å²) in [6.45, 7) is 1.93. The van der Waals surface area contributed by atoms with Crippen LogP contribution < -0.4 is 10.6 Å². The number of carbonyl (C=O) groups excluding carboxylic acids is 1. The molecule has 194 valence electrons. The summed E-state index contributed by atoms with van der Waals surface area (Å²) >= 11 is 7.17. The average molecular weight is 549 g/mol. The van der Waals surface area contributed by atoms with Crippen LogP contribution in [0.3, 0.4) is 0 Å². The van der Waals surface area contributed by atoms with Gasteiger partial charge in [0.05, 0.1) is 16.6 Å². The van der Waals surface area contributed by atoms with Gasteiger partial charge in [0.1, 0.15) is 11.9 Å². The number of amides is 1. The van der Waals surface area contributed by atoms with Gasteiger partial charge < -0.3 is 19.9 Å².